The highest BCUT2D eigenvalue weighted by Gasteiger charge is 2.06. The minimum atomic E-state index is -0.248. The van der Waals surface area contributed by atoms with Crippen molar-refractivity contribution in [1.82, 2.24) is 10.4 Å². The van der Waals surface area contributed by atoms with E-state index in [2.05, 4.69) is 22.4 Å². The summed E-state index contributed by atoms with van der Waals surface area (Å²) in [6, 6.07) is 13.3. The maximum Gasteiger partial charge on any atom is 0.272 e. The molecule has 0 radical (unpaired) electrons. The van der Waals surface area contributed by atoms with Crippen LogP contribution < -0.4 is 5.43 Å². The zero-order valence-corrected chi connectivity index (χ0v) is 11.4. The van der Waals surface area contributed by atoms with E-state index < -0.39 is 0 Å². The number of nitrogens with one attached hydrogen (secondary N) is 1. The average molecular weight is 267 g/mol. The Labute approximate surface area is 118 Å². The highest BCUT2D eigenvalue weighted by Crippen LogP contribution is 2.06. The second-order valence-corrected chi connectivity index (χ2v) is 4.36. The Kier molecular flexibility index (Phi) is 5.00. The second-order valence-electron chi connectivity index (χ2n) is 4.36. The maximum atomic E-state index is 11.9. The van der Waals surface area contributed by atoms with E-state index in [0.29, 0.717) is 5.56 Å². The van der Waals surface area contributed by atoms with Crippen LogP contribution in [0.25, 0.3) is 0 Å². The number of benzene rings is 1. The molecule has 4 heteroatoms. The summed E-state index contributed by atoms with van der Waals surface area (Å²) in [5.74, 6) is -0.248. The Morgan fingerprint density at radius 3 is 2.55 bits per heavy atom. The molecule has 4 nitrogen and oxygen atoms in total. The number of rotatable bonds is 5. The highest BCUT2D eigenvalue weighted by atomic mass is 16.2. The van der Waals surface area contributed by atoms with Crippen molar-refractivity contribution < 1.29 is 4.79 Å². The van der Waals surface area contributed by atoms with Crippen LogP contribution in [-0.2, 0) is 0 Å². The van der Waals surface area contributed by atoms with Crippen LogP contribution in [0.2, 0.25) is 0 Å². The normalized spacial score (nSPS) is 11.2. The van der Waals surface area contributed by atoms with Crippen molar-refractivity contribution in [2.75, 3.05) is 0 Å². The Hall–Kier alpha value is -2.49. The van der Waals surface area contributed by atoms with Crippen molar-refractivity contribution in [3.8, 4) is 0 Å². The molecule has 0 unspecified atom stereocenters. The number of hydrogen-bond acceptors (Lipinski definition) is 3. The predicted octanol–water partition coefficient (Wildman–Crippen LogP) is 3.02. The molecule has 102 valence electrons. The third-order valence-electron chi connectivity index (χ3n) is 2.81. The van der Waals surface area contributed by atoms with Crippen LogP contribution in [-0.4, -0.2) is 16.6 Å². The van der Waals surface area contributed by atoms with Gasteiger partial charge < -0.3 is 0 Å². The molecule has 1 heterocycles. The van der Waals surface area contributed by atoms with Gasteiger partial charge in [-0.25, -0.2) is 5.43 Å². The van der Waals surface area contributed by atoms with Crippen LogP contribution >= 0.6 is 0 Å². The third kappa shape index (κ3) is 3.75. The first-order chi connectivity index (χ1) is 9.81. The number of carbonyl (C=O) groups is 1. The van der Waals surface area contributed by atoms with Crippen LogP contribution in [0.15, 0.2) is 60.0 Å². The predicted molar refractivity (Wildman–Crippen MR) is 79.6 cm³/mol. The third-order valence-corrected chi connectivity index (χ3v) is 2.81. The Morgan fingerprint density at radius 2 is 1.90 bits per heavy atom. The fourth-order valence-corrected chi connectivity index (χ4v) is 1.81. The van der Waals surface area contributed by atoms with Gasteiger partial charge in [-0.05, 0) is 24.1 Å². The lowest BCUT2D eigenvalue weighted by atomic mass is 10.1. The zero-order chi connectivity index (χ0) is 14.2. The molecule has 1 aromatic carbocycles. The summed E-state index contributed by atoms with van der Waals surface area (Å²) in [5.41, 5.74) is 5.00. The van der Waals surface area contributed by atoms with Crippen molar-refractivity contribution in [2.24, 2.45) is 5.10 Å². The first kappa shape index (κ1) is 13.9. The van der Waals surface area contributed by atoms with Gasteiger partial charge in [0.05, 0.1) is 11.3 Å². The molecule has 1 amide bonds. The summed E-state index contributed by atoms with van der Waals surface area (Å²) < 4.78 is 0. The largest absolute Gasteiger partial charge is 0.272 e. The van der Waals surface area contributed by atoms with Gasteiger partial charge in [-0.2, -0.15) is 5.10 Å². The quantitative estimate of drug-likeness (QED) is 0.668. The molecule has 0 aliphatic heterocycles. The molecular weight excluding hydrogens is 250 g/mol. The number of hydrazone groups is 1. The molecule has 0 bridgehead atoms. The summed E-state index contributed by atoms with van der Waals surface area (Å²) in [6.45, 7) is 2.08. The molecule has 0 spiro atoms. The van der Waals surface area contributed by atoms with E-state index in [0.717, 1.165) is 24.1 Å². The topological polar surface area (TPSA) is 54.4 Å². The lowest BCUT2D eigenvalue weighted by Crippen LogP contribution is -2.20. The van der Waals surface area contributed by atoms with Crippen LogP contribution in [0.4, 0.5) is 0 Å². The summed E-state index contributed by atoms with van der Waals surface area (Å²) in [7, 11) is 0. The van der Waals surface area contributed by atoms with Gasteiger partial charge in [0.15, 0.2) is 0 Å². The van der Waals surface area contributed by atoms with Crippen molar-refractivity contribution >= 4 is 11.6 Å². The van der Waals surface area contributed by atoms with Crippen LogP contribution in [0.5, 0.6) is 0 Å². The van der Waals surface area contributed by atoms with Gasteiger partial charge in [-0.15, -0.1) is 0 Å². The average Bonchev–Trinajstić information content (AvgIpc) is 2.53. The number of nitrogens with zero attached hydrogens (tertiary/aromatic N) is 2. The molecule has 1 aromatic heterocycles. The van der Waals surface area contributed by atoms with Gasteiger partial charge in [-0.3, -0.25) is 9.78 Å². The lowest BCUT2D eigenvalue weighted by Gasteiger charge is -2.06. The summed E-state index contributed by atoms with van der Waals surface area (Å²) in [6.07, 6.45) is 4.94. The molecule has 0 aliphatic carbocycles. The van der Waals surface area contributed by atoms with E-state index in [9.17, 15) is 4.79 Å². The van der Waals surface area contributed by atoms with Crippen molar-refractivity contribution in [2.45, 2.75) is 19.8 Å². The highest BCUT2D eigenvalue weighted by molar-refractivity contribution is 6.02. The molecule has 0 saturated carbocycles. The summed E-state index contributed by atoms with van der Waals surface area (Å²) >= 11 is 0. The first-order valence-corrected chi connectivity index (χ1v) is 6.63. The molecular formula is C16H17N3O. The SMILES string of the molecule is CCCC(=NNC(=O)c1cccnc1)c1ccccc1. The van der Waals surface area contributed by atoms with E-state index in [4.69, 9.17) is 0 Å². The number of aromatic nitrogens is 1. The van der Waals surface area contributed by atoms with Gasteiger partial charge in [0.2, 0.25) is 0 Å². The summed E-state index contributed by atoms with van der Waals surface area (Å²) in [5, 5.41) is 4.25. The second kappa shape index (κ2) is 7.19. The lowest BCUT2D eigenvalue weighted by molar-refractivity contribution is 0.0954. The Bertz CT molecular complexity index is 579. The minimum absolute atomic E-state index is 0.248. The van der Waals surface area contributed by atoms with E-state index >= 15 is 0 Å². The fraction of sp³-hybridized carbons (Fsp3) is 0.188. The van der Waals surface area contributed by atoms with Crippen LogP contribution in [0.1, 0.15) is 35.7 Å². The van der Waals surface area contributed by atoms with Crippen LogP contribution in [0.3, 0.4) is 0 Å². The van der Waals surface area contributed by atoms with Crippen molar-refractivity contribution in [3.63, 3.8) is 0 Å². The van der Waals surface area contributed by atoms with Gasteiger partial charge >= 0.3 is 0 Å². The fourth-order valence-electron chi connectivity index (χ4n) is 1.81. The molecule has 0 aliphatic rings. The van der Waals surface area contributed by atoms with Crippen molar-refractivity contribution in [3.05, 3.63) is 66.0 Å². The smallest absolute Gasteiger partial charge is 0.267 e. The van der Waals surface area contributed by atoms with E-state index in [1.165, 1.54) is 6.20 Å². The van der Waals surface area contributed by atoms with Gasteiger partial charge in [0.1, 0.15) is 0 Å². The molecule has 1 N–H and O–H groups in total. The molecule has 0 atom stereocenters. The summed E-state index contributed by atoms with van der Waals surface area (Å²) in [4.78, 5) is 15.8. The van der Waals surface area contributed by atoms with Gasteiger partial charge in [0.25, 0.3) is 5.91 Å². The van der Waals surface area contributed by atoms with E-state index in [1.807, 2.05) is 30.3 Å². The standard InChI is InChI=1S/C16H17N3O/c1-2-7-15(13-8-4-3-5-9-13)18-19-16(20)14-10-6-11-17-12-14/h3-6,8-12H,2,7H2,1H3,(H,19,20). The molecule has 2 aromatic rings. The van der Waals surface area contributed by atoms with E-state index in [-0.39, 0.29) is 5.91 Å². The van der Waals surface area contributed by atoms with Gasteiger partial charge in [-0.1, -0.05) is 43.7 Å². The molecule has 0 saturated heterocycles. The Morgan fingerprint density at radius 1 is 1.15 bits per heavy atom. The first-order valence-electron chi connectivity index (χ1n) is 6.63. The van der Waals surface area contributed by atoms with Crippen LogP contribution in [0, 0.1) is 0 Å². The van der Waals surface area contributed by atoms with E-state index in [1.54, 1.807) is 18.3 Å². The minimum Gasteiger partial charge on any atom is -0.267 e. The monoisotopic (exact) mass is 267 g/mol. The number of pyridine rings is 1. The molecule has 20 heavy (non-hydrogen) atoms. The maximum absolute atomic E-state index is 11.9. The molecule has 2 rings (SSSR count). The number of amides is 1. The van der Waals surface area contributed by atoms with Gasteiger partial charge in [0, 0.05) is 12.4 Å². The number of carbonyl (C=O) groups excluding carboxylic acids is 1. The van der Waals surface area contributed by atoms with Crippen molar-refractivity contribution in [1.29, 1.82) is 0 Å². The number of hydrogen-bond donors (Lipinski definition) is 1. The molecule has 0 fully saturated rings. The Balaban J connectivity index is 2.12. The zero-order valence-electron chi connectivity index (χ0n) is 11.4.